The number of rotatable bonds is 3. The fourth-order valence-electron chi connectivity index (χ4n) is 1.03. The zero-order valence-electron chi connectivity index (χ0n) is 8.22. The maximum absolute atomic E-state index is 4.81. The monoisotopic (exact) mass is 252 g/mol. The van der Waals surface area contributed by atoms with Crippen molar-refractivity contribution in [3.8, 4) is 0 Å². The highest BCUT2D eigenvalue weighted by Gasteiger charge is 1.87. The summed E-state index contributed by atoms with van der Waals surface area (Å²) in [5.74, 6) is 0. The van der Waals surface area contributed by atoms with E-state index < -0.39 is 4.30 Å². The van der Waals surface area contributed by atoms with Crippen LogP contribution in [0.15, 0.2) is 30.3 Å². The summed E-state index contributed by atoms with van der Waals surface area (Å²) in [6, 6.07) is 10.6. The summed E-state index contributed by atoms with van der Waals surface area (Å²) in [5.41, 5.74) is 1.46. The van der Waals surface area contributed by atoms with Crippen molar-refractivity contribution in [2.75, 3.05) is 0 Å². The van der Waals surface area contributed by atoms with Crippen LogP contribution in [0.4, 0.5) is 0 Å². The first-order valence-corrected chi connectivity index (χ1v) is 5.94. The minimum Gasteiger partial charge on any atom is -0.0874 e. The zero-order chi connectivity index (χ0) is 10.8. The molecular formula is C11H15Cl3. The molecule has 0 nitrogen and oxygen atoms in total. The molecule has 0 radical (unpaired) electrons. The normalized spacial score (nSPS) is 9.50. The summed E-state index contributed by atoms with van der Waals surface area (Å²) in [7, 11) is 0. The smallest absolute Gasteiger partial charge is 0.0874 e. The van der Waals surface area contributed by atoms with Gasteiger partial charge >= 0.3 is 0 Å². The predicted molar refractivity (Wildman–Crippen MR) is 66.4 cm³/mol. The molecule has 0 saturated heterocycles. The average molecular weight is 254 g/mol. The van der Waals surface area contributed by atoms with Crippen LogP contribution in [0, 0.1) is 0 Å². The van der Waals surface area contributed by atoms with Crippen LogP contribution in [0.1, 0.15) is 25.3 Å². The molecule has 1 aromatic rings. The van der Waals surface area contributed by atoms with Crippen LogP contribution in [-0.4, -0.2) is 4.30 Å². The third kappa shape index (κ3) is 10.2. The van der Waals surface area contributed by atoms with E-state index in [1.165, 1.54) is 24.8 Å². The SMILES string of the molecule is CCCCc1ccccc1.ClC(Cl)Cl. The molecule has 1 aromatic carbocycles. The summed E-state index contributed by atoms with van der Waals surface area (Å²) in [6.45, 7) is 2.23. The first kappa shape index (κ1) is 14.1. The lowest BCUT2D eigenvalue weighted by molar-refractivity contribution is 0.795. The Kier molecular flexibility index (Phi) is 9.70. The third-order valence-corrected chi connectivity index (χ3v) is 1.66. The lowest BCUT2D eigenvalue weighted by atomic mass is 10.1. The summed E-state index contributed by atoms with van der Waals surface area (Å²) in [4.78, 5) is 0. The van der Waals surface area contributed by atoms with Crippen molar-refractivity contribution in [3.63, 3.8) is 0 Å². The highest BCUT2D eigenvalue weighted by molar-refractivity contribution is 6.63. The molecule has 80 valence electrons. The predicted octanol–water partition coefficient (Wildman–Crippen LogP) is 5.02. The van der Waals surface area contributed by atoms with Gasteiger partial charge < -0.3 is 0 Å². The van der Waals surface area contributed by atoms with Crippen LogP contribution in [-0.2, 0) is 6.42 Å². The van der Waals surface area contributed by atoms with Gasteiger partial charge in [0.25, 0.3) is 0 Å². The minimum atomic E-state index is -0.750. The Hall–Kier alpha value is 0.0900. The largest absolute Gasteiger partial charge is 0.180 e. The summed E-state index contributed by atoms with van der Waals surface area (Å²) in [6.07, 6.45) is 3.83. The van der Waals surface area contributed by atoms with E-state index in [9.17, 15) is 0 Å². The number of hydrogen-bond acceptors (Lipinski definition) is 0. The number of aryl methyl sites for hydroxylation is 1. The molecular weight excluding hydrogens is 238 g/mol. The molecule has 0 aliphatic carbocycles. The molecule has 0 amide bonds. The minimum absolute atomic E-state index is 0.750. The van der Waals surface area contributed by atoms with Crippen molar-refractivity contribution >= 4 is 34.8 Å². The molecule has 0 fully saturated rings. The molecule has 0 atom stereocenters. The highest BCUT2D eigenvalue weighted by Crippen LogP contribution is 2.04. The fourth-order valence-corrected chi connectivity index (χ4v) is 1.03. The lowest BCUT2D eigenvalue weighted by Crippen LogP contribution is -1.81. The van der Waals surface area contributed by atoms with Gasteiger partial charge in [-0.1, -0.05) is 78.5 Å². The maximum Gasteiger partial charge on any atom is 0.180 e. The van der Waals surface area contributed by atoms with Gasteiger partial charge in [0.2, 0.25) is 0 Å². The van der Waals surface area contributed by atoms with Crippen LogP contribution < -0.4 is 0 Å². The van der Waals surface area contributed by atoms with Crippen molar-refractivity contribution in [1.29, 1.82) is 0 Å². The Bertz CT molecular complexity index is 206. The van der Waals surface area contributed by atoms with E-state index in [2.05, 4.69) is 37.3 Å². The third-order valence-electron chi connectivity index (χ3n) is 1.66. The second kappa shape index (κ2) is 9.64. The van der Waals surface area contributed by atoms with Crippen LogP contribution in [0.25, 0.3) is 0 Å². The Morgan fingerprint density at radius 1 is 1.07 bits per heavy atom. The van der Waals surface area contributed by atoms with Gasteiger partial charge in [-0.15, -0.1) is 0 Å². The van der Waals surface area contributed by atoms with E-state index in [0.29, 0.717) is 0 Å². The van der Waals surface area contributed by atoms with Gasteiger partial charge in [-0.3, -0.25) is 0 Å². The molecule has 0 heterocycles. The van der Waals surface area contributed by atoms with Crippen LogP contribution in [0.3, 0.4) is 0 Å². The summed E-state index contributed by atoms with van der Waals surface area (Å²) >= 11 is 14.4. The van der Waals surface area contributed by atoms with Gasteiger partial charge in [0.1, 0.15) is 0 Å². The van der Waals surface area contributed by atoms with E-state index >= 15 is 0 Å². The average Bonchev–Trinajstić information content (AvgIpc) is 2.15. The molecule has 14 heavy (non-hydrogen) atoms. The summed E-state index contributed by atoms with van der Waals surface area (Å²) in [5, 5.41) is 0. The van der Waals surface area contributed by atoms with E-state index in [1.807, 2.05) is 0 Å². The molecule has 0 unspecified atom stereocenters. The van der Waals surface area contributed by atoms with E-state index in [-0.39, 0.29) is 0 Å². The molecule has 0 aliphatic rings. The van der Waals surface area contributed by atoms with Crippen LogP contribution in [0.5, 0.6) is 0 Å². The van der Waals surface area contributed by atoms with Crippen molar-refractivity contribution in [1.82, 2.24) is 0 Å². The number of hydrogen-bond donors (Lipinski definition) is 0. The van der Waals surface area contributed by atoms with Crippen molar-refractivity contribution in [2.45, 2.75) is 30.5 Å². The Labute approximate surface area is 101 Å². The van der Waals surface area contributed by atoms with E-state index in [1.54, 1.807) is 0 Å². The molecule has 0 N–H and O–H groups in total. The molecule has 0 aromatic heterocycles. The van der Waals surface area contributed by atoms with E-state index in [0.717, 1.165) is 0 Å². The zero-order valence-corrected chi connectivity index (χ0v) is 10.5. The fraction of sp³-hybridized carbons (Fsp3) is 0.455. The van der Waals surface area contributed by atoms with Crippen molar-refractivity contribution in [3.05, 3.63) is 35.9 Å². The van der Waals surface area contributed by atoms with Crippen LogP contribution >= 0.6 is 34.8 Å². The first-order valence-electron chi connectivity index (χ1n) is 4.63. The molecule has 0 aliphatic heterocycles. The number of halogens is 3. The highest BCUT2D eigenvalue weighted by atomic mass is 35.6. The maximum atomic E-state index is 4.81. The molecule has 3 heteroatoms. The van der Waals surface area contributed by atoms with Crippen molar-refractivity contribution < 1.29 is 0 Å². The molecule has 0 saturated carbocycles. The van der Waals surface area contributed by atoms with Gasteiger partial charge in [0.15, 0.2) is 4.30 Å². The van der Waals surface area contributed by atoms with Gasteiger partial charge in [0.05, 0.1) is 0 Å². The topological polar surface area (TPSA) is 0 Å². The quantitative estimate of drug-likeness (QED) is 0.664. The van der Waals surface area contributed by atoms with Gasteiger partial charge in [-0.25, -0.2) is 0 Å². The van der Waals surface area contributed by atoms with E-state index in [4.69, 9.17) is 34.8 Å². The molecule has 1 rings (SSSR count). The second-order valence-electron chi connectivity index (χ2n) is 2.84. The van der Waals surface area contributed by atoms with Crippen LogP contribution in [0.2, 0.25) is 0 Å². The number of unbranched alkanes of at least 4 members (excludes halogenated alkanes) is 1. The standard InChI is InChI=1S/C10H14.CHCl3/c1-2-3-7-10-8-5-4-6-9-10;2-1(3)4/h4-6,8-9H,2-3,7H2,1H3;1H. The van der Waals surface area contributed by atoms with Crippen molar-refractivity contribution in [2.24, 2.45) is 0 Å². The number of benzene rings is 1. The molecule has 0 bridgehead atoms. The second-order valence-corrected chi connectivity index (χ2v) is 4.82. The lowest BCUT2D eigenvalue weighted by Gasteiger charge is -1.96. The first-order chi connectivity index (χ1) is 6.66. The summed E-state index contributed by atoms with van der Waals surface area (Å²) < 4.78 is -0.750. The van der Waals surface area contributed by atoms with Gasteiger partial charge in [0, 0.05) is 0 Å². The Morgan fingerprint density at radius 2 is 1.57 bits per heavy atom. The Morgan fingerprint density at radius 3 is 2.00 bits per heavy atom. The van der Waals surface area contributed by atoms with Gasteiger partial charge in [-0.2, -0.15) is 0 Å². The number of alkyl halides is 3. The van der Waals surface area contributed by atoms with Gasteiger partial charge in [-0.05, 0) is 18.4 Å². The Balaban J connectivity index is 0.000000364. The molecule has 0 spiro atoms.